The van der Waals surface area contributed by atoms with Crippen LogP contribution in [0.4, 0.5) is 8.78 Å². The lowest BCUT2D eigenvalue weighted by Gasteiger charge is -2.20. The van der Waals surface area contributed by atoms with Gasteiger partial charge < -0.3 is 14.4 Å². The average Bonchev–Trinajstić information content (AvgIpc) is 3.64. The molecule has 1 aliphatic rings. The SMILES string of the molecule is COCCN(Cc1ccc(-c2cc3nccc(Oc4ccc(CC(=O)CC5CC5)c(F)c4F)c3s2)nc1)C(C)=O. The summed E-state index contributed by atoms with van der Waals surface area (Å²) >= 11 is 1.37. The van der Waals surface area contributed by atoms with Crippen LogP contribution in [-0.2, 0) is 27.3 Å². The van der Waals surface area contributed by atoms with Crippen molar-refractivity contribution in [2.45, 2.75) is 39.2 Å². The van der Waals surface area contributed by atoms with Crippen LogP contribution in [0.3, 0.4) is 0 Å². The van der Waals surface area contributed by atoms with E-state index >= 15 is 0 Å². The molecule has 7 nitrogen and oxygen atoms in total. The molecule has 1 aliphatic carbocycles. The zero-order valence-corrected chi connectivity index (χ0v) is 23.1. The Hall–Kier alpha value is -3.76. The van der Waals surface area contributed by atoms with Gasteiger partial charge in [-0.15, -0.1) is 11.3 Å². The highest BCUT2D eigenvalue weighted by molar-refractivity contribution is 7.22. The van der Waals surface area contributed by atoms with Crippen molar-refractivity contribution in [3.63, 3.8) is 0 Å². The number of fused-ring (bicyclic) bond motifs is 1. The Bertz CT molecular complexity index is 1540. The number of hydrogen-bond donors (Lipinski definition) is 0. The van der Waals surface area contributed by atoms with Crippen molar-refractivity contribution in [2.24, 2.45) is 5.92 Å². The number of aromatic nitrogens is 2. The van der Waals surface area contributed by atoms with E-state index in [1.807, 2.05) is 18.2 Å². The van der Waals surface area contributed by atoms with Crippen molar-refractivity contribution in [1.82, 2.24) is 14.9 Å². The largest absolute Gasteiger partial charge is 0.453 e. The van der Waals surface area contributed by atoms with Crippen LogP contribution in [0, 0.1) is 17.6 Å². The fourth-order valence-corrected chi connectivity index (χ4v) is 5.43. The lowest BCUT2D eigenvalue weighted by atomic mass is 10.0. The van der Waals surface area contributed by atoms with Crippen LogP contribution >= 0.6 is 11.3 Å². The summed E-state index contributed by atoms with van der Waals surface area (Å²) in [6, 6.07) is 10.0. The minimum absolute atomic E-state index is 0.0356. The van der Waals surface area contributed by atoms with E-state index in [4.69, 9.17) is 9.47 Å². The van der Waals surface area contributed by atoms with E-state index in [1.54, 1.807) is 30.5 Å². The maximum atomic E-state index is 14.9. The highest BCUT2D eigenvalue weighted by Gasteiger charge is 2.25. The van der Waals surface area contributed by atoms with Crippen LogP contribution in [-0.4, -0.2) is 46.8 Å². The topological polar surface area (TPSA) is 81.6 Å². The third kappa shape index (κ3) is 6.51. The first-order chi connectivity index (χ1) is 19.3. The predicted molar refractivity (Wildman–Crippen MR) is 148 cm³/mol. The number of Topliss-reactive ketones (excluding diaryl/α,β-unsaturated/α-hetero) is 1. The molecule has 0 atom stereocenters. The Morgan fingerprint density at radius 2 is 1.90 bits per heavy atom. The van der Waals surface area contributed by atoms with Crippen LogP contribution in [0.25, 0.3) is 20.8 Å². The zero-order valence-electron chi connectivity index (χ0n) is 22.3. The molecule has 10 heteroatoms. The number of amides is 1. The number of halogens is 2. The molecular formula is C30H29F2N3O4S. The normalized spacial score (nSPS) is 13.0. The van der Waals surface area contributed by atoms with Crippen LogP contribution in [0.1, 0.15) is 37.3 Å². The number of benzene rings is 1. The number of ether oxygens (including phenoxy) is 2. The van der Waals surface area contributed by atoms with Crippen molar-refractivity contribution < 1.29 is 27.8 Å². The molecule has 3 aromatic heterocycles. The molecule has 1 saturated carbocycles. The highest BCUT2D eigenvalue weighted by Crippen LogP contribution is 2.39. The summed E-state index contributed by atoms with van der Waals surface area (Å²) in [5, 5.41) is 0. The van der Waals surface area contributed by atoms with Gasteiger partial charge >= 0.3 is 0 Å². The van der Waals surface area contributed by atoms with Crippen molar-refractivity contribution in [3.8, 4) is 22.1 Å². The molecule has 0 spiro atoms. The standard InChI is InChI=1S/C30H29F2N3O4S/c1-18(36)35(11-12-38-2)17-20-5-7-23(34-16-20)27-15-24-30(40-27)26(9-10-33-24)39-25-8-6-21(28(31)29(25)32)14-22(37)13-19-3-4-19/h5-10,15-16,19H,3-4,11-14,17H2,1-2H3. The zero-order chi connectivity index (χ0) is 28.2. The smallest absolute Gasteiger partial charge is 0.219 e. The van der Waals surface area contributed by atoms with Gasteiger partial charge in [-0.25, -0.2) is 4.39 Å². The Kier molecular flexibility index (Phi) is 8.46. The number of carbonyl (C=O) groups is 2. The summed E-state index contributed by atoms with van der Waals surface area (Å²) in [4.78, 5) is 35.5. The van der Waals surface area contributed by atoms with Gasteiger partial charge in [0.05, 0.1) is 27.4 Å². The van der Waals surface area contributed by atoms with Crippen molar-refractivity contribution in [1.29, 1.82) is 0 Å². The number of ketones is 1. The van der Waals surface area contributed by atoms with Gasteiger partial charge in [-0.3, -0.25) is 19.6 Å². The molecule has 1 aromatic carbocycles. The second kappa shape index (κ2) is 12.2. The number of nitrogens with zero attached hydrogens (tertiary/aromatic N) is 3. The molecule has 0 aliphatic heterocycles. The monoisotopic (exact) mass is 565 g/mol. The third-order valence-corrected chi connectivity index (χ3v) is 7.95. The first kappa shape index (κ1) is 27.8. The molecular weight excluding hydrogens is 536 g/mol. The van der Waals surface area contributed by atoms with Gasteiger partial charge in [-0.2, -0.15) is 4.39 Å². The Morgan fingerprint density at radius 3 is 2.60 bits per heavy atom. The average molecular weight is 566 g/mol. The van der Waals surface area contributed by atoms with Gasteiger partial charge in [0, 0.05) is 58.4 Å². The molecule has 1 amide bonds. The summed E-state index contributed by atoms with van der Waals surface area (Å²) < 4.78 is 41.3. The minimum atomic E-state index is -1.12. The van der Waals surface area contributed by atoms with Crippen LogP contribution in [0.5, 0.6) is 11.5 Å². The van der Waals surface area contributed by atoms with Crippen LogP contribution in [0.2, 0.25) is 0 Å². The number of carbonyl (C=O) groups excluding carboxylic acids is 2. The first-order valence-electron chi connectivity index (χ1n) is 13.1. The lowest BCUT2D eigenvalue weighted by Crippen LogP contribution is -2.31. The number of rotatable bonds is 12. The van der Waals surface area contributed by atoms with E-state index in [0.717, 1.165) is 23.3 Å². The number of hydrogen-bond acceptors (Lipinski definition) is 7. The second-order valence-electron chi connectivity index (χ2n) is 9.93. The van der Waals surface area contributed by atoms with Gasteiger partial charge in [-0.05, 0) is 48.1 Å². The van der Waals surface area contributed by atoms with E-state index in [-0.39, 0.29) is 29.4 Å². The molecule has 0 bridgehead atoms. The first-order valence-corrected chi connectivity index (χ1v) is 13.9. The molecule has 0 saturated heterocycles. The van der Waals surface area contributed by atoms with E-state index in [2.05, 4.69) is 9.97 Å². The predicted octanol–water partition coefficient (Wildman–Crippen LogP) is 6.34. The highest BCUT2D eigenvalue weighted by atomic mass is 32.1. The molecule has 208 valence electrons. The molecule has 4 aromatic rings. The van der Waals surface area contributed by atoms with Gasteiger partial charge in [0.15, 0.2) is 11.6 Å². The minimum Gasteiger partial charge on any atom is -0.453 e. The Balaban J connectivity index is 1.33. The lowest BCUT2D eigenvalue weighted by molar-refractivity contribution is -0.130. The summed E-state index contributed by atoms with van der Waals surface area (Å²) in [5.74, 6) is -1.84. The van der Waals surface area contributed by atoms with Gasteiger partial charge in [0.2, 0.25) is 11.7 Å². The number of pyridine rings is 2. The maximum absolute atomic E-state index is 14.9. The number of thiophene rings is 1. The van der Waals surface area contributed by atoms with E-state index < -0.39 is 11.6 Å². The molecule has 5 rings (SSSR count). The fourth-order valence-electron chi connectivity index (χ4n) is 4.39. The van der Waals surface area contributed by atoms with Crippen LogP contribution < -0.4 is 4.74 Å². The maximum Gasteiger partial charge on any atom is 0.219 e. The van der Waals surface area contributed by atoms with E-state index in [9.17, 15) is 18.4 Å². The van der Waals surface area contributed by atoms with Gasteiger partial charge in [0.25, 0.3) is 0 Å². The summed E-state index contributed by atoms with van der Waals surface area (Å²) in [6.07, 6.45) is 5.60. The molecule has 0 radical (unpaired) electrons. The Labute approximate surface area is 234 Å². The molecule has 3 heterocycles. The quantitative estimate of drug-likeness (QED) is 0.200. The third-order valence-electron chi connectivity index (χ3n) is 6.78. The fraction of sp³-hybridized carbons (Fsp3) is 0.333. The van der Waals surface area contributed by atoms with Crippen molar-refractivity contribution >= 4 is 33.2 Å². The summed E-state index contributed by atoms with van der Waals surface area (Å²) in [6.45, 7) is 2.88. The number of methoxy groups -OCH3 is 1. The van der Waals surface area contributed by atoms with Gasteiger partial charge in [-0.1, -0.05) is 12.1 Å². The van der Waals surface area contributed by atoms with Crippen molar-refractivity contribution in [2.75, 3.05) is 20.3 Å². The van der Waals surface area contributed by atoms with E-state index in [0.29, 0.717) is 53.7 Å². The Morgan fingerprint density at radius 1 is 1.07 bits per heavy atom. The van der Waals surface area contributed by atoms with Crippen LogP contribution in [0.15, 0.2) is 48.8 Å². The summed E-state index contributed by atoms with van der Waals surface area (Å²) in [5.41, 5.74) is 2.26. The molecule has 40 heavy (non-hydrogen) atoms. The summed E-state index contributed by atoms with van der Waals surface area (Å²) in [7, 11) is 1.59. The van der Waals surface area contributed by atoms with E-state index in [1.165, 1.54) is 30.4 Å². The van der Waals surface area contributed by atoms with Crippen molar-refractivity contribution in [3.05, 3.63) is 71.6 Å². The van der Waals surface area contributed by atoms with Gasteiger partial charge in [0.1, 0.15) is 11.5 Å². The molecule has 0 N–H and O–H groups in total. The second-order valence-corrected chi connectivity index (χ2v) is 11.0. The molecule has 0 unspecified atom stereocenters. The molecule has 1 fully saturated rings.